The van der Waals surface area contributed by atoms with E-state index in [1.165, 1.54) is 4.57 Å². The van der Waals surface area contributed by atoms with Crippen LogP contribution in [0.2, 0.25) is 5.02 Å². The molecular formula is C12H8BrClN4O2. The second-order valence-corrected chi connectivity index (χ2v) is 5.49. The molecule has 0 bridgehead atoms. The number of hydrogen-bond acceptors (Lipinski definition) is 3. The van der Waals surface area contributed by atoms with Crippen molar-refractivity contribution in [3.8, 4) is 11.4 Å². The summed E-state index contributed by atoms with van der Waals surface area (Å²) in [5.41, 5.74) is 0.273. The smallest absolute Gasteiger partial charge is 0.329 e. The molecule has 2 aromatic heterocycles. The highest BCUT2D eigenvalue weighted by Gasteiger charge is 2.12. The fourth-order valence-corrected chi connectivity index (χ4v) is 2.31. The molecular weight excluding hydrogens is 348 g/mol. The summed E-state index contributed by atoms with van der Waals surface area (Å²) in [6.45, 7) is 0. The Morgan fingerprint density at radius 1 is 1.30 bits per heavy atom. The quantitative estimate of drug-likeness (QED) is 0.700. The van der Waals surface area contributed by atoms with Crippen molar-refractivity contribution in [3.05, 3.63) is 48.5 Å². The van der Waals surface area contributed by atoms with E-state index < -0.39 is 11.2 Å². The molecule has 20 heavy (non-hydrogen) atoms. The van der Waals surface area contributed by atoms with E-state index in [1.54, 1.807) is 25.2 Å². The zero-order valence-electron chi connectivity index (χ0n) is 10.2. The zero-order chi connectivity index (χ0) is 14.4. The molecule has 3 rings (SSSR count). The molecule has 6 nitrogen and oxygen atoms in total. The number of benzene rings is 1. The highest BCUT2D eigenvalue weighted by molar-refractivity contribution is 9.10. The van der Waals surface area contributed by atoms with Gasteiger partial charge in [-0.3, -0.25) is 14.3 Å². The molecule has 3 aromatic rings. The average Bonchev–Trinajstić information content (AvgIpc) is 2.85. The maximum absolute atomic E-state index is 11.7. The van der Waals surface area contributed by atoms with Crippen LogP contribution in [0.5, 0.6) is 0 Å². The van der Waals surface area contributed by atoms with Crippen molar-refractivity contribution in [1.82, 2.24) is 19.5 Å². The minimum Gasteiger partial charge on any atom is -0.332 e. The second kappa shape index (κ2) is 4.60. The van der Waals surface area contributed by atoms with Crippen LogP contribution in [0.3, 0.4) is 0 Å². The third-order valence-corrected chi connectivity index (χ3v) is 4.18. The molecule has 0 atom stereocenters. The number of aromatic nitrogens is 4. The van der Waals surface area contributed by atoms with E-state index in [-0.39, 0.29) is 5.52 Å². The molecule has 2 heterocycles. The van der Waals surface area contributed by atoms with Crippen molar-refractivity contribution in [1.29, 1.82) is 0 Å². The summed E-state index contributed by atoms with van der Waals surface area (Å²) >= 11 is 9.34. The molecule has 0 radical (unpaired) electrons. The van der Waals surface area contributed by atoms with Gasteiger partial charge in [-0.25, -0.2) is 9.78 Å². The summed E-state index contributed by atoms with van der Waals surface area (Å²) in [5.74, 6) is 0.473. The first-order valence-electron chi connectivity index (χ1n) is 5.62. The molecule has 0 saturated carbocycles. The van der Waals surface area contributed by atoms with Gasteiger partial charge in [-0.05, 0) is 28.1 Å². The number of fused-ring (bicyclic) bond motifs is 1. The highest BCUT2D eigenvalue weighted by atomic mass is 79.9. The maximum atomic E-state index is 11.7. The Balaban J connectivity index is 2.31. The van der Waals surface area contributed by atoms with E-state index in [0.29, 0.717) is 16.5 Å². The number of aryl methyl sites for hydroxylation is 1. The van der Waals surface area contributed by atoms with Crippen LogP contribution in [0.25, 0.3) is 22.6 Å². The molecule has 0 fully saturated rings. The lowest BCUT2D eigenvalue weighted by Crippen LogP contribution is -2.28. The number of halogens is 2. The van der Waals surface area contributed by atoms with E-state index in [9.17, 15) is 9.59 Å². The first-order chi connectivity index (χ1) is 9.47. The summed E-state index contributed by atoms with van der Waals surface area (Å²) in [4.78, 5) is 32.7. The van der Waals surface area contributed by atoms with Gasteiger partial charge >= 0.3 is 5.69 Å². The van der Waals surface area contributed by atoms with Gasteiger partial charge in [-0.15, -0.1) is 0 Å². The fourth-order valence-electron chi connectivity index (χ4n) is 1.88. The van der Waals surface area contributed by atoms with Gasteiger partial charge in [-0.1, -0.05) is 17.7 Å². The van der Waals surface area contributed by atoms with Gasteiger partial charge in [0.25, 0.3) is 5.56 Å². The Kier molecular flexibility index (Phi) is 3.02. The molecule has 0 aliphatic carbocycles. The van der Waals surface area contributed by atoms with Crippen LogP contribution < -0.4 is 11.2 Å². The van der Waals surface area contributed by atoms with Crippen LogP contribution in [-0.2, 0) is 7.05 Å². The first-order valence-corrected chi connectivity index (χ1v) is 6.79. The Labute approximate surface area is 125 Å². The van der Waals surface area contributed by atoms with Gasteiger partial charge in [0.2, 0.25) is 0 Å². The molecule has 8 heteroatoms. The SMILES string of the molecule is Cn1c(=O)[nH]c(=O)c2[nH]c(-c3ccc(Br)c(Cl)c3)nc21. The predicted molar refractivity (Wildman–Crippen MR) is 80.1 cm³/mol. The Bertz CT molecular complexity index is 941. The molecule has 0 spiro atoms. The third-order valence-electron chi connectivity index (χ3n) is 2.95. The number of hydrogen-bond donors (Lipinski definition) is 2. The monoisotopic (exact) mass is 354 g/mol. The minimum absolute atomic E-state index is 0.251. The number of imidazole rings is 1. The summed E-state index contributed by atoms with van der Waals surface area (Å²) in [6, 6.07) is 5.31. The number of nitrogens with zero attached hydrogens (tertiary/aromatic N) is 2. The average molecular weight is 356 g/mol. The summed E-state index contributed by atoms with van der Waals surface area (Å²) in [7, 11) is 1.54. The van der Waals surface area contributed by atoms with Crippen molar-refractivity contribution >= 4 is 38.7 Å². The van der Waals surface area contributed by atoms with Crippen LogP contribution in [0.4, 0.5) is 0 Å². The van der Waals surface area contributed by atoms with Crippen molar-refractivity contribution in [2.75, 3.05) is 0 Å². The van der Waals surface area contributed by atoms with E-state index in [0.717, 1.165) is 10.0 Å². The fraction of sp³-hybridized carbons (Fsp3) is 0.0833. The standard InChI is InChI=1S/C12H8BrClN4O2/c1-18-10-8(11(19)17-12(18)20)15-9(16-10)5-2-3-6(13)7(14)4-5/h2-4H,1H3,(H,15,16)(H,17,19,20). The van der Waals surface area contributed by atoms with Gasteiger partial charge in [0.05, 0.1) is 5.02 Å². The zero-order valence-corrected chi connectivity index (χ0v) is 12.5. The van der Waals surface area contributed by atoms with Gasteiger partial charge in [0.1, 0.15) is 11.3 Å². The molecule has 2 N–H and O–H groups in total. The van der Waals surface area contributed by atoms with Gasteiger partial charge < -0.3 is 4.98 Å². The van der Waals surface area contributed by atoms with Crippen molar-refractivity contribution in [2.45, 2.75) is 0 Å². The minimum atomic E-state index is -0.505. The molecule has 1 aromatic carbocycles. The number of H-pyrrole nitrogens is 2. The highest BCUT2D eigenvalue weighted by Crippen LogP contribution is 2.27. The topological polar surface area (TPSA) is 83.5 Å². The van der Waals surface area contributed by atoms with E-state index in [2.05, 4.69) is 30.9 Å². The lowest BCUT2D eigenvalue weighted by atomic mass is 10.2. The predicted octanol–water partition coefficient (Wildman–Crippen LogP) is 2.03. The Morgan fingerprint density at radius 3 is 2.75 bits per heavy atom. The normalized spacial score (nSPS) is 11.2. The number of nitrogens with one attached hydrogen (secondary N) is 2. The largest absolute Gasteiger partial charge is 0.332 e. The summed E-state index contributed by atoms with van der Waals surface area (Å²) in [6.07, 6.45) is 0. The Hall–Kier alpha value is -1.86. The van der Waals surface area contributed by atoms with Crippen LogP contribution >= 0.6 is 27.5 Å². The van der Waals surface area contributed by atoms with Gasteiger partial charge in [0.15, 0.2) is 5.65 Å². The van der Waals surface area contributed by atoms with Gasteiger partial charge in [0, 0.05) is 17.1 Å². The van der Waals surface area contributed by atoms with Crippen molar-refractivity contribution in [3.63, 3.8) is 0 Å². The second-order valence-electron chi connectivity index (χ2n) is 4.23. The van der Waals surface area contributed by atoms with Crippen LogP contribution in [0, 0.1) is 0 Å². The van der Waals surface area contributed by atoms with Crippen molar-refractivity contribution < 1.29 is 0 Å². The lowest BCUT2D eigenvalue weighted by molar-refractivity contribution is 0.832. The Morgan fingerprint density at radius 2 is 2.05 bits per heavy atom. The maximum Gasteiger partial charge on any atom is 0.329 e. The van der Waals surface area contributed by atoms with E-state index in [4.69, 9.17) is 11.6 Å². The molecule has 102 valence electrons. The van der Waals surface area contributed by atoms with Crippen LogP contribution in [0.15, 0.2) is 32.3 Å². The molecule has 0 saturated heterocycles. The van der Waals surface area contributed by atoms with Crippen molar-refractivity contribution in [2.24, 2.45) is 7.05 Å². The number of rotatable bonds is 1. The first kappa shape index (κ1) is 13.1. The summed E-state index contributed by atoms with van der Waals surface area (Å²) < 4.78 is 2.04. The third kappa shape index (κ3) is 1.99. The van der Waals surface area contributed by atoms with Crippen LogP contribution in [-0.4, -0.2) is 19.5 Å². The molecule has 0 aliphatic heterocycles. The van der Waals surface area contributed by atoms with Crippen LogP contribution in [0.1, 0.15) is 0 Å². The summed E-state index contributed by atoms with van der Waals surface area (Å²) in [5, 5.41) is 0.533. The lowest BCUT2D eigenvalue weighted by Gasteiger charge is -1.99. The van der Waals surface area contributed by atoms with Gasteiger partial charge in [-0.2, -0.15) is 0 Å². The number of aromatic amines is 2. The molecule has 0 amide bonds. The van der Waals surface area contributed by atoms with E-state index in [1.807, 2.05) is 0 Å². The molecule has 0 unspecified atom stereocenters. The van der Waals surface area contributed by atoms with E-state index >= 15 is 0 Å². The molecule has 0 aliphatic rings.